The van der Waals surface area contributed by atoms with Crippen molar-refractivity contribution in [1.82, 2.24) is 15.2 Å². The van der Waals surface area contributed by atoms with Crippen LogP contribution in [0.2, 0.25) is 0 Å². The Bertz CT molecular complexity index is 533. The maximum Gasteiger partial charge on any atom is 0.240 e. The lowest BCUT2D eigenvalue weighted by atomic mass is 10.1. The number of aryl methyl sites for hydroxylation is 3. The molecule has 90 valence electrons. The molecular formula is C12H16N4O. The molecule has 0 amide bonds. The molecule has 2 aromatic heterocycles. The van der Waals surface area contributed by atoms with Crippen LogP contribution >= 0.6 is 0 Å². The van der Waals surface area contributed by atoms with Gasteiger partial charge in [0.25, 0.3) is 0 Å². The number of rotatable bonds is 3. The first kappa shape index (κ1) is 11.6. The largest absolute Gasteiger partial charge is 0.419 e. The van der Waals surface area contributed by atoms with Crippen LogP contribution in [0.15, 0.2) is 12.1 Å². The van der Waals surface area contributed by atoms with Crippen LogP contribution in [0, 0.1) is 20.8 Å². The Labute approximate surface area is 100 Å². The van der Waals surface area contributed by atoms with Gasteiger partial charge in [0.15, 0.2) is 0 Å². The molecule has 0 saturated heterocycles. The van der Waals surface area contributed by atoms with Crippen LogP contribution in [0.3, 0.4) is 0 Å². The molecule has 2 aromatic rings. The summed E-state index contributed by atoms with van der Waals surface area (Å²) < 4.78 is 5.65. The van der Waals surface area contributed by atoms with E-state index in [1.807, 2.05) is 32.9 Å². The molecule has 5 nitrogen and oxygen atoms in total. The minimum atomic E-state index is 0.401. The van der Waals surface area contributed by atoms with E-state index in [-0.39, 0.29) is 0 Å². The lowest BCUT2D eigenvalue weighted by Gasteiger charge is -2.10. The van der Waals surface area contributed by atoms with Crippen LogP contribution < -0.4 is 10.5 Å². The van der Waals surface area contributed by atoms with Crippen LogP contribution in [0.4, 0.5) is 0 Å². The van der Waals surface area contributed by atoms with Crippen molar-refractivity contribution in [2.75, 3.05) is 0 Å². The fraction of sp³-hybridized carbons (Fsp3) is 0.333. The van der Waals surface area contributed by atoms with Gasteiger partial charge in [-0.05, 0) is 32.4 Å². The highest BCUT2D eigenvalue weighted by molar-refractivity contribution is 5.37. The van der Waals surface area contributed by atoms with Crippen molar-refractivity contribution in [1.29, 1.82) is 0 Å². The summed E-state index contributed by atoms with van der Waals surface area (Å²) in [6, 6.07) is 3.81. The number of H-pyrrole nitrogens is 1. The van der Waals surface area contributed by atoms with E-state index in [4.69, 9.17) is 10.5 Å². The minimum Gasteiger partial charge on any atom is -0.419 e. The number of aromatic nitrogens is 3. The van der Waals surface area contributed by atoms with E-state index < -0.39 is 0 Å². The Morgan fingerprint density at radius 2 is 2.06 bits per heavy atom. The molecule has 0 radical (unpaired) electrons. The third-order valence-electron chi connectivity index (χ3n) is 2.53. The van der Waals surface area contributed by atoms with Gasteiger partial charge < -0.3 is 10.5 Å². The van der Waals surface area contributed by atoms with Crippen LogP contribution in [0.1, 0.15) is 22.5 Å². The maximum atomic E-state index is 5.71. The summed E-state index contributed by atoms with van der Waals surface area (Å²) >= 11 is 0. The van der Waals surface area contributed by atoms with E-state index in [1.165, 1.54) is 0 Å². The highest BCUT2D eigenvalue weighted by Gasteiger charge is 2.11. The van der Waals surface area contributed by atoms with Gasteiger partial charge in [0.05, 0.1) is 0 Å². The van der Waals surface area contributed by atoms with E-state index in [9.17, 15) is 0 Å². The van der Waals surface area contributed by atoms with Crippen LogP contribution in [0.5, 0.6) is 11.8 Å². The zero-order chi connectivity index (χ0) is 12.4. The Kier molecular flexibility index (Phi) is 3.10. The number of nitrogens with zero attached hydrogens (tertiary/aromatic N) is 2. The quantitative estimate of drug-likeness (QED) is 0.848. The molecule has 0 fully saturated rings. The summed E-state index contributed by atoms with van der Waals surface area (Å²) in [7, 11) is 0. The van der Waals surface area contributed by atoms with Gasteiger partial charge in [-0.15, -0.1) is 5.10 Å². The molecule has 3 N–H and O–H groups in total. The number of hydrogen-bond acceptors (Lipinski definition) is 4. The van der Waals surface area contributed by atoms with Gasteiger partial charge in [-0.3, -0.25) is 5.10 Å². The second-order valence-corrected chi connectivity index (χ2v) is 4.06. The third kappa shape index (κ3) is 2.45. The lowest BCUT2D eigenvalue weighted by Crippen LogP contribution is -2.05. The van der Waals surface area contributed by atoms with Gasteiger partial charge in [0.2, 0.25) is 11.8 Å². The van der Waals surface area contributed by atoms with Crippen molar-refractivity contribution in [3.8, 4) is 11.8 Å². The number of ether oxygens (including phenoxy) is 1. The second-order valence-electron chi connectivity index (χ2n) is 4.06. The van der Waals surface area contributed by atoms with E-state index >= 15 is 0 Å². The fourth-order valence-electron chi connectivity index (χ4n) is 1.71. The standard InChI is InChI=1S/C12H16N4O/c1-7-4-8(2)14-12(10(7)6-13)17-11-5-9(3)15-16-11/h4-5H,6,13H2,1-3H3,(H,15,16). The van der Waals surface area contributed by atoms with E-state index in [2.05, 4.69) is 15.2 Å². The molecule has 0 saturated carbocycles. The predicted octanol–water partition coefficient (Wildman–Crippen LogP) is 1.98. The van der Waals surface area contributed by atoms with Gasteiger partial charge in [-0.1, -0.05) is 0 Å². The highest BCUT2D eigenvalue weighted by Crippen LogP contribution is 2.25. The van der Waals surface area contributed by atoms with Gasteiger partial charge in [0, 0.05) is 29.6 Å². The Morgan fingerprint density at radius 1 is 1.29 bits per heavy atom. The van der Waals surface area contributed by atoms with Gasteiger partial charge in [0.1, 0.15) is 0 Å². The van der Waals surface area contributed by atoms with Crippen molar-refractivity contribution in [3.05, 3.63) is 34.6 Å². The number of pyridine rings is 1. The second kappa shape index (κ2) is 4.55. The topological polar surface area (TPSA) is 76.8 Å². The van der Waals surface area contributed by atoms with Gasteiger partial charge in [-0.25, -0.2) is 4.98 Å². The minimum absolute atomic E-state index is 0.401. The van der Waals surface area contributed by atoms with Crippen molar-refractivity contribution in [2.45, 2.75) is 27.3 Å². The monoisotopic (exact) mass is 232 g/mol. The smallest absolute Gasteiger partial charge is 0.240 e. The molecule has 0 aliphatic rings. The average molecular weight is 232 g/mol. The summed E-state index contributed by atoms with van der Waals surface area (Å²) in [5.41, 5.74) is 9.56. The maximum absolute atomic E-state index is 5.71. The molecule has 2 heterocycles. The van der Waals surface area contributed by atoms with Crippen molar-refractivity contribution < 1.29 is 4.74 Å². The molecule has 0 spiro atoms. The summed E-state index contributed by atoms with van der Waals surface area (Å²) in [5.74, 6) is 1.05. The molecule has 2 rings (SSSR count). The van der Waals surface area contributed by atoms with E-state index in [0.29, 0.717) is 18.3 Å². The van der Waals surface area contributed by atoms with Crippen LogP contribution in [-0.4, -0.2) is 15.2 Å². The summed E-state index contributed by atoms with van der Waals surface area (Å²) in [4.78, 5) is 4.35. The first-order valence-corrected chi connectivity index (χ1v) is 5.47. The molecule has 0 aliphatic heterocycles. The first-order valence-electron chi connectivity index (χ1n) is 5.47. The molecule has 0 bridgehead atoms. The van der Waals surface area contributed by atoms with Crippen LogP contribution in [0.25, 0.3) is 0 Å². The molecule has 17 heavy (non-hydrogen) atoms. The predicted molar refractivity (Wildman–Crippen MR) is 65.0 cm³/mol. The summed E-state index contributed by atoms with van der Waals surface area (Å²) in [6.45, 7) is 6.24. The Balaban J connectivity index is 2.37. The number of aromatic amines is 1. The average Bonchev–Trinajstić information content (AvgIpc) is 2.63. The summed E-state index contributed by atoms with van der Waals surface area (Å²) in [6.07, 6.45) is 0. The Hall–Kier alpha value is -1.88. The normalized spacial score (nSPS) is 10.6. The van der Waals surface area contributed by atoms with Gasteiger partial charge in [-0.2, -0.15) is 0 Å². The molecule has 0 atom stereocenters. The number of nitrogens with one attached hydrogen (secondary N) is 1. The number of nitrogens with two attached hydrogens (primary N) is 1. The third-order valence-corrected chi connectivity index (χ3v) is 2.53. The first-order chi connectivity index (χ1) is 8.10. The molecule has 0 aromatic carbocycles. The Morgan fingerprint density at radius 3 is 2.65 bits per heavy atom. The molecule has 0 aliphatic carbocycles. The SMILES string of the molecule is Cc1cc(C)c(CN)c(Oc2cc(C)[nH]n2)n1. The van der Waals surface area contributed by atoms with E-state index in [1.54, 1.807) is 0 Å². The van der Waals surface area contributed by atoms with Crippen molar-refractivity contribution >= 4 is 0 Å². The zero-order valence-electron chi connectivity index (χ0n) is 10.2. The van der Waals surface area contributed by atoms with E-state index in [0.717, 1.165) is 22.5 Å². The van der Waals surface area contributed by atoms with Crippen LogP contribution in [-0.2, 0) is 6.54 Å². The summed E-state index contributed by atoms with van der Waals surface area (Å²) in [5, 5.41) is 6.84. The zero-order valence-corrected chi connectivity index (χ0v) is 10.2. The lowest BCUT2D eigenvalue weighted by molar-refractivity contribution is 0.435. The molecule has 0 unspecified atom stereocenters. The molecule has 5 heteroatoms. The molecular weight excluding hydrogens is 216 g/mol. The fourth-order valence-corrected chi connectivity index (χ4v) is 1.71. The van der Waals surface area contributed by atoms with Crippen molar-refractivity contribution in [2.24, 2.45) is 5.73 Å². The highest BCUT2D eigenvalue weighted by atomic mass is 16.5. The van der Waals surface area contributed by atoms with Crippen molar-refractivity contribution in [3.63, 3.8) is 0 Å². The van der Waals surface area contributed by atoms with Gasteiger partial charge >= 0.3 is 0 Å². The number of hydrogen-bond donors (Lipinski definition) is 2.